The molecule has 0 radical (unpaired) electrons. The lowest BCUT2D eigenvalue weighted by atomic mass is 10.0. The minimum absolute atomic E-state index is 0.0175. The highest BCUT2D eigenvalue weighted by molar-refractivity contribution is 5.97. The van der Waals surface area contributed by atoms with Crippen molar-refractivity contribution in [2.24, 2.45) is 0 Å². The highest BCUT2D eigenvalue weighted by Crippen LogP contribution is 2.11. The van der Waals surface area contributed by atoms with Gasteiger partial charge < -0.3 is 10.4 Å². The van der Waals surface area contributed by atoms with Crippen LogP contribution in [0.1, 0.15) is 27.0 Å². The standard InChI is InChI=1S/C18H18FNO3/c1-11-6-12(2)8-14(7-11)17(21)20-16(18(22)23)10-13-4-3-5-15(19)9-13/h3-9,16H,10H2,1-2H3,(H,20,21)(H,22,23)/t16-/m0/s1. The minimum Gasteiger partial charge on any atom is -0.480 e. The van der Waals surface area contributed by atoms with Crippen LogP contribution >= 0.6 is 0 Å². The van der Waals surface area contributed by atoms with Crippen LogP contribution in [0.25, 0.3) is 0 Å². The lowest BCUT2D eigenvalue weighted by molar-refractivity contribution is -0.139. The second-order valence-electron chi connectivity index (χ2n) is 5.57. The number of halogens is 1. The molecule has 0 aliphatic rings. The summed E-state index contributed by atoms with van der Waals surface area (Å²) in [5.41, 5.74) is 2.77. The molecule has 0 saturated heterocycles. The molecule has 2 aromatic carbocycles. The predicted molar refractivity (Wildman–Crippen MR) is 84.9 cm³/mol. The summed E-state index contributed by atoms with van der Waals surface area (Å²) >= 11 is 0. The van der Waals surface area contributed by atoms with E-state index in [4.69, 9.17) is 0 Å². The molecule has 1 atom stereocenters. The second kappa shape index (κ2) is 7.05. The van der Waals surface area contributed by atoms with Crippen LogP contribution in [-0.2, 0) is 11.2 Å². The molecule has 5 heteroatoms. The summed E-state index contributed by atoms with van der Waals surface area (Å²) < 4.78 is 13.2. The van der Waals surface area contributed by atoms with Crippen LogP contribution in [0, 0.1) is 19.7 Å². The van der Waals surface area contributed by atoms with Crippen molar-refractivity contribution in [1.82, 2.24) is 5.32 Å². The van der Waals surface area contributed by atoms with Crippen molar-refractivity contribution in [1.29, 1.82) is 0 Å². The van der Waals surface area contributed by atoms with Crippen LogP contribution in [0.5, 0.6) is 0 Å². The number of aliphatic carboxylic acids is 1. The van der Waals surface area contributed by atoms with Crippen molar-refractivity contribution >= 4 is 11.9 Å². The first-order chi connectivity index (χ1) is 10.8. The molecule has 120 valence electrons. The third kappa shape index (κ3) is 4.64. The van der Waals surface area contributed by atoms with E-state index >= 15 is 0 Å². The topological polar surface area (TPSA) is 66.4 Å². The molecule has 0 fully saturated rings. The lowest BCUT2D eigenvalue weighted by Crippen LogP contribution is -2.42. The lowest BCUT2D eigenvalue weighted by Gasteiger charge is -2.15. The van der Waals surface area contributed by atoms with Gasteiger partial charge in [-0.25, -0.2) is 9.18 Å². The maximum Gasteiger partial charge on any atom is 0.326 e. The van der Waals surface area contributed by atoms with Crippen LogP contribution in [0.4, 0.5) is 4.39 Å². The number of carbonyl (C=O) groups excluding carboxylic acids is 1. The Hall–Kier alpha value is -2.69. The monoisotopic (exact) mass is 315 g/mol. The van der Waals surface area contributed by atoms with Crippen molar-refractivity contribution in [3.05, 3.63) is 70.5 Å². The van der Waals surface area contributed by atoms with Gasteiger partial charge in [0.1, 0.15) is 11.9 Å². The van der Waals surface area contributed by atoms with Gasteiger partial charge in [0.05, 0.1) is 0 Å². The maximum atomic E-state index is 13.2. The molecule has 0 spiro atoms. The summed E-state index contributed by atoms with van der Waals surface area (Å²) in [7, 11) is 0. The van der Waals surface area contributed by atoms with Crippen LogP contribution in [0.15, 0.2) is 42.5 Å². The minimum atomic E-state index is -1.16. The van der Waals surface area contributed by atoms with Gasteiger partial charge in [-0.3, -0.25) is 4.79 Å². The molecular formula is C18H18FNO3. The molecule has 0 saturated carbocycles. The first-order valence-corrected chi connectivity index (χ1v) is 7.21. The van der Waals surface area contributed by atoms with Gasteiger partial charge in [0.15, 0.2) is 0 Å². The maximum absolute atomic E-state index is 13.2. The van der Waals surface area contributed by atoms with Gasteiger partial charge in [-0.1, -0.05) is 29.3 Å². The summed E-state index contributed by atoms with van der Waals surface area (Å²) in [6.45, 7) is 3.73. The third-order valence-corrected chi connectivity index (χ3v) is 3.42. The zero-order valence-electron chi connectivity index (χ0n) is 13.0. The summed E-state index contributed by atoms with van der Waals surface area (Å²) in [6, 6.07) is 9.89. The van der Waals surface area contributed by atoms with Crippen LogP contribution in [-0.4, -0.2) is 23.0 Å². The summed E-state index contributed by atoms with van der Waals surface area (Å²) in [6.07, 6.45) is 0.0175. The molecule has 0 bridgehead atoms. The number of aryl methyl sites for hydroxylation is 2. The fourth-order valence-electron chi connectivity index (χ4n) is 2.45. The molecule has 2 N–H and O–H groups in total. The number of benzene rings is 2. The predicted octanol–water partition coefficient (Wildman–Crippen LogP) is 2.87. The fraction of sp³-hybridized carbons (Fsp3) is 0.222. The van der Waals surface area contributed by atoms with Gasteiger partial charge in [0.2, 0.25) is 0 Å². The Kier molecular flexibility index (Phi) is 5.11. The van der Waals surface area contributed by atoms with Crippen molar-refractivity contribution in [2.75, 3.05) is 0 Å². The van der Waals surface area contributed by atoms with E-state index in [0.717, 1.165) is 11.1 Å². The molecule has 0 aliphatic heterocycles. The first kappa shape index (κ1) is 16.7. The third-order valence-electron chi connectivity index (χ3n) is 3.42. The number of nitrogens with one attached hydrogen (secondary N) is 1. The van der Waals surface area contributed by atoms with E-state index in [-0.39, 0.29) is 6.42 Å². The molecule has 0 unspecified atom stereocenters. The number of carbonyl (C=O) groups is 2. The number of carboxylic acid groups (broad SMARTS) is 1. The van der Waals surface area contributed by atoms with E-state index in [1.54, 1.807) is 18.2 Å². The summed E-state index contributed by atoms with van der Waals surface area (Å²) in [5, 5.41) is 11.8. The molecular weight excluding hydrogens is 297 g/mol. The number of carboxylic acids is 1. The van der Waals surface area contributed by atoms with Gasteiger partial charge in [0.25, 0.3) is 5.91 Å². The Morgan fingerprint density at radius 2 is 1.78 bits per heavy atom. The molecule has 0 heterocycles. The Balaban J connectivity index is 2.15. The summed E-state index contributed by atoms with van der Waals surface area (Å²) in [4.78, 5) is 23.7. The van der Waals surface area contributed by atoms with Gasteiger partial charge in [-0.15, -0.1) is 0 Å². The average molecular weight is 315 g/mol. The van der Waals surface area contributed by atoms with E-state index in [1.165, 1.54) is 18.2 Å². The van der Waals surface area contributed by atoms with Crippen molar-refractivity contribution in [3.63, 3.8) is 0 Å². The highest BCUT2D eigenvalue weighted by atomic mass is 19.1. The Labute approximate surface area is 134 Å². The Morgan fingerprint density at radius 3 is 2.35 bits per heavy atom. The average Bonchev–Trinajstić information content (AvgIpc) is 2.45. The van der Waals surface area contributed by atoms with E-state index in [1.807, 2.05) is 19.9 Å². The Bertz CT molecular complexity index is 723. The van der Waals surface area contributed by atoms with Crippen LogP contribution < -0.4 is 5.32 Å². The van der Waals surface area contributed by atoms with Gasteiger partial charge in [-0.2, -0.15) is 0 Å². The summed E-state index contributed by atoms with van der Waals surface area (Å²) in [5.74, 6) is -2.06. The van der Waals surface area contributed by atoms with E-state index in [2.05, 4.69) is 5.32 Å². The van der Waals surface area contributed by atoms with E-state index in [0.29, 0.717) is 11.1 Å². The van der Waals surface area contributed by atoms with Gasteiger partial charge in [0, 0.05) is 12.0 Å². The zero-order valence-corrected chi connectivity index (χ0v) is 13.0. The quantitative estimate of drug-likeness (QED) is 0.891. The van der Waals surface area contributed by atoms with Gasteiger partial charge >= 0.3 is 5.97 Å². The largest absolute Gasteiger partial charge is 0.480 e. The van der Waals surface area contributed by atoms with E-state index < -0.39 is 23.7 Å². The van der Waals surface area contributed by atoms with Gasteiger partial charge in [-0.05, 0) is 43.7 Å². The van der Waals surface area contributed by atoms with Crippen LogP contribution in [0.3, 0.4) is 0 Å². The molecule has 1 amide bonds. The number of hydrogen-bond donors (Lipinski definition) is 2. The molecule has 4 nitrogen and oxygen atoms in total. The molecule has 2 rings (SSSR count). The molecule has 23 heavy (non-hydrogen) atoms. The van der Waals surface area contributed by atoms with Crippen molar-refractivity contribution < 1.29 is 19.1 Å². The van der Waals surface area contributed by atoms with Crippen molar-refractivity contribution in [3.8, 4) is 0 Å². The SMILES string of the molecule is Cc1cc(C)cc(C(=O)N[C@@H](Cc2cccc(F)c2)C(=O)O)c1. The van der Waals surface area contributed by atoms with E-state index in [9.17, 15) is 19.1 Å². The molecule has 0 aromatic heterocycles. The fourth-order valence-corrected chi connectivity index (χ4v) is 2.45. The number of hydrogen-bond acceptors (Lipinski definition) is 2. The highest BCUT2D eigenvalue weighted by Gasteiger charge is 2.21. The molecule has 0 aliphatic carbocycles. The Morgan fingerprint density at radius 1 is 1.13 bits per heavy atom. The number of rotatable bonds is 5. The number of amides is 1. The zero-order chi connectivity index (χ0) is 17.0. The van der Waals surface area contributed by atoms with Crippen LogP contribution in [0.2, 0.25) is 0 Å². The second-order valence-corrected chi connectivity index (χ2v) is 5.57. The molecule has 2 aromatic rings. The first-order valence-electron chi connectivity index (χ1n) is 7.21. The smallest absolute Gasteiger partial charge is 0.326 e. The van der Waals surface area contributed by atoms with Crippen molar-refractivity contribution in [2.45, 2.75) is 26.3 Å². The normalized spacial score (nSPS) is 11.8.